The summed E-state index contributed by atoms with van der Waals surface area (Å²) in [6.45, 7) is 0. The van der Waals surface area contributed by atoms with E-state index < -0.39 is 0 Å². The molecule has 0 saturated heterocycles. The van der Waals surface area contributed by atoms with Crippen molar-refractivity contribution in [3.05, 3.63) is 0 Å². The van der Waals surface area contributed by atoms with Gasteiger partial charge in [-0.1, -0.05) is 0 Å². The Morgan fingerprint density at radius 3 is 0.500 bits per heavy atom. The van der Waals surface area contributed by atoms with E-state index in [9.17, 15) is 0 Å². The Labute approximate surface area is 166 Å². The van der Waals surface area contributed by atoms with Crippen molar-refractivity contribution in [3.8, 4) is 0 Å². The van der Waals surface area contributed by atoms with E-state index in [2.05, 4.69) is 0 Å². The molecule has 0 amide bonds. The monoisotopic (exact) mass is 128 g/mol. The molecule has 0 aliphatic carbocycles. The molecule has 0 heterocycles. The average Bonchev–Trinajstić information content (AvgIpc) is 0. The van der Waals surface area contributed by atoms with Crippen LogP contribution in [0.5, 0.6) is 0 Å². The standard InChI is InChI=1S/3K.Li.4H. The predicted molar refractivity (Wildman–Crippen MR) is 28.6 cm³/mol. The van der Waals surface area contributed by atoms with Crippen LogP contribution >= 0.6 is 0 Å². The summed E-state index contributed by atoms with van der Waals surface area (Å²) in [5.74, 6) is 0. The topological polar surface area (TPSA) is 0 Å². The molecule has 0 aromatic rings. The maximum absolute atomic E-state index is 0. The van der Waals surface area contributed by atoms with E-state index in [1.165, 1.54) is 0 Å². The SMILES string of the molecule is [KH].[KH].[KH].[LiH]. The summed E-state index contributed by atoms with van der Waals surface area (Å²) in [4.78, 5) is 0. The fourth-order valence-electron chi connectivity index (χ4n) is 0. The third-order valence-electron chi connectivity index (χ3n) is 0. The Hall–Kier alpha value is 5.51. The molecular formula is H4K3Li. The van der Waals surface area contributed by atoms with E-state index in [-0.39, 0.29) is 173 Å². The zero-order valence-corrected chi connectivity index (χ0v) is 0. The summed E-state index contributed by atoms with van der Waals surface area (Å²) in [6.07, 6.45) is 0. The summed E-state index contributed by atoms with van der Waals surface area (Å²) >= 11 is 0. The van der Waals surface area contributed by atoms with E-state index in [0.29, 0.717) is 0 Å². The fraction of sp³-hybridized carbons (Fsp3) is 0. The molecule has 0 saturated carbocycles. The second-order valence-corrected chi connectivity index (χ2v) is 0. The van der Waals surface area contributed by atoms with Crippen LogP contribution in [0.15, 0.2) is 0 Å². The van der Waals surface area contributed by atoms with Crippen LogP contribution in [0.2, 0.25) is 0 Å². The van der Waals surface area contributed by atoms with E-state index in [4.69, 9.17) is 0 Å². The Morgan fingerprint density at radius 1 is 0.500 bits per heavy atom. The molecule has 0 atom stereocenters. The van der Waals surface area contributed by atoms with E-state index >= 15 is 0 Å². The molecule has 0 unspecified atom stereocenters. The Kier molecular flexibility index (Phi) is 89.7. The van der Waals surface area contributed by atoms with Gasteiger partial charge >= 0.3 is 173 Å². The fourth-order valence-corrected chi connectivity index (χ4v) is 0. The Balaban J connectivity index is 0. The van der Waals surface area contributed by atoms with Gasteiger partial charge in [0.05, 0.1) is 0 Å². The molecule has 0 fully saturated rings. The molecule has 0 bridgehead atoms. The van der Waals surface area contributed by atoms with E-state index in [0.717, 1.165) is 0 Å². The van der Waals surface area contributed by atoms with Gasteiger partial charge in [0.25, 0.3) is 0 Å². The molecular weight excluding hydrogens is 124 g/mol. The molecule has 0 aliphatic rings. The van der Waals surface area contributed by atoms with Crippen molar-refractivity contribution in [3.63, 3.8) is 0 Å². The molecule has 4 heavy (non-hydrogen) atoms. The molecule has 0 aromatic carbocycles. The third kappa shape index (κ3) is 10.5. The van der Waals surface area contributed by atoms with Gasteiger partial charge in [0, 0.05) is 0 Å². The number of hydrogen-bond donors (Lipinski definition) is 0. The first-order valence-corrected chi connectivity index (χ1v) is 0. The van der Waals surface area contributed by atoms with Crippen molar-refractivity contribution in [1.29, 1.82) is 0 Å². The zero-order chi connectivity index (χ0) is 0. The van der Waals surface area contributed by atoms with Gasteiger partial charge < -0.3 is 0 Å². The first-order valence-electron chi connectivity index (χ1n) is 0. The van der Waals surface area contributed by atoms with Crippen molar-refractivity contribution < 1.29 is 0 Å². The van der Waals surface area contributed by atoms with Gasteiger partial charge in [-0.15, -0.1) is 0 Å². The molecule has 0 rings (SSSR count). The van der Waals surface area contributed by atoms with Crippen LogP contribution in [0.1, 0.15) is 0 Å². The molecule has 0 spiro atoms. The van der Waals surface area contributed by atoms with Gasteiger partial charge in [-0.25, -0.2) is 0 Å². The average molecular weight is 128 g/mol. The normalized spacial score (nSPS) is 0. The van der Waals surface area contributed by atoms with Crippen molar-refractivity contribution in [2.24, 2.45) is 0 Å². The second-order valence-electron chi connectivity index (χ2n) is 0. The Morgan fingerprint density at radius 2 is 0.500 bits per heavy atom. The maximum atomic E-state index is 0. The number of hydrogen-bond acceptors (Lipinski definition) is 0. The van der Waals surface area contributed by atoms with Crippen LogP contribution in [0.4, 0.5) is 0 Å². The molecule has 0 N–H and O–H groups in total. The van der Waals surface area contributed by atoms with Crippen molar-refractivity contribution in [2.75, 3.05) is 0 Å². The number of rotatable bonds is 0. The van der Waals surface area contributed by atoms with E-state index in [1.807, 2.05) is 0 Å². The van der Waals surface area contributed by atoms with Crippen molar-refractivity contribution in [1.82, 2.24) is 0 Å². The van der Waals surface area contributed by atoms with Gasteiger partial charge in [-0.3, -0.25) is 0 Å². The summed E-state index contributed by atoms with van der Waals surface area (Å²) in [5.41, 5.74) is 0. The minimum absolute atomic E-state index is 0. The molecule has 0 nitrogen and oxygen atoms in total. The minimum atomic E-state index is 0. The van der Waals surface area contributed by atoms with Crippen LogP contribution in [0.25, 0.3) is 0 Å². The molecule has 4 heteroatoms. The predicted octanol–water partition coefficient (Wildman–Crippen LogP) is -2.59. The van der Waals surface area contributed by atoms with Gasteiger partial charge in [0.1, 0.15) is 0 Å². The van der Waals surface area contributed by atoms with Crippen molar-refractivity contribution in [2.45, 2.75) is 0 Å². The second kappa shape index (κ2) is 15.8. The zero-order valence-electron chi connectivity index (χ0n) is 0. The van der Waals surface area contributed by atoms with Crippen LogP contribution in [0, 0.1) is 0 Å². The van der Waals surface area contributed by atoms with Gasteiger partial charge in [-0.05, 0) is 0 Å². The first-order chi connectivity index (χ1) is 0. The summed E-state index contributed by atoms with van der Waals surface area (Å²) in [7, 11) is 0. The van der Waals surface area contributed by atoms with Crippen LogP contribution < -0.4 is 0 Å². The van der Waals surface area contributed by atoms with Crippen LogP contribution in [-0.4, -0.2) is 173 Å². The van der Waals surface area contributed by atoms with Gasteiger partial charge in [0.2, 0.25) is 0 Å². The molecule has 0 radical (unpaired) electrons. The molecule has 0 aliphatic heterocycles. The van der Waals surface area contributed by atoms with Gasteiger partial charge in [-0.2, -0.15) is 0 Å². The summed E-state index contributed by atoms with van der Waals surface area (Å²) in [6, 6.07) is 0. The molecule has 8 valence electrons. The van der Waals surface area contributed by atoms with Crippen LogP contribution in [0.3, 0.4) is 0 Å². The van der Waals surface area contributed by atoms with E-state index in [1.54, 1.807) is 0 Å². The quantitative estimate of drug-likeness (QED) is 0.314. The summed E-state index contributed by atoms with van der Waals surface area (Å²) in [5, 5.41) is 0. The third-order valence-corrected chi connectivity index (χ3v) is 0. The summed E-state index contributed by atoms with van der Waals surface area (Å²) < 4.78 is 0. The van der Waals surface area contributed by atoms with Crippen molar-refractivity contribution >= 4 is 173 Å². The van der Waals surface area contributed by atoms with Gasteiger partial charge in [0.15, 0.2) is 0 Å². The Bertz CT molecular complexity index is 3.25. The molecule has 0 aromatic heterocycles. The first kappa shape index (κ1) is 22.7. The van der Waals surface area contributed by atoms with Crippen LogP contribution in [-0.2, 0) is 0 Å².